The topological polar surface area (TPSA) is 81.4 Å². The summed E-state index contributed by atoms with van der Waals surface area (Å²) < 4.78 is 46.0. The van der Waals surface area contributed by atoms with E-state index in [0.717, 1.165) is 6.07 Å². The number of anilines is 1. The van der Waals surface area contributed by atoms with E-state index in [4.69, 9.17) is 10.5 Å². The Labute approximate surface area is 118 Å². The van der Waals surface area contributed by atoms with E-state index in [1.165, 1.54) is 12.1 Å². The number of methoxy groups -OCH3 is 1. The largest absolute Gasteiger partial charge is 0.399 e. The molecule has 0 aromatic heterocycles. The number of nitrogens with two attached hydrogens (primary N) is 1. The second-order valence-corrected chi connectivity index (χ2v) is 7.33. The van der Waals surface area contributed by atoms with Crippen molar-refractivity contribution in [3.05, 3.63) is 24.0 Å². The minimum Gasteiger partial charge on any atom is -0.399 e. The normalized spacial score (nSPS) is 25.2. The van der Waals surface area contributed by atoms with Gasteiger partial charge in [-0.15, -0.1) is 0 Å². The lowest BCUT2D eigenvalue weighted by Crippen LogP contribution is -2.61. The molecule has 1 aliphatic rings. The van der Waals surface area contributed by atoms with Crippen LogP contribution in [0.25, 0.3) is 0 Å². The van der Waals surface area contributed by atoms with Crippen LogP contribution in [0.5, 0.6) is 0 Å². The first kappa shape index (κ1) is 15.2. The van der Waals surface area contributed by atoms with Gasteiger partial charge in [0.1, 0.15) is 10.7 Å². The molecule has 0 spiro atoms. The lowest BCUT2D eigenvalue weighted by atomic mass is 9.65. The maximum atomic E-state index is 13.7. The summed E-state index contributed by atoms with van der Waals surface area (Å²) in [5.41, 5.74) is 5.27. The van der Waals surface area contributed by atoms with E-state index >= 15 is 0 Å². The molecular weight excluding hydrogens is 283 g/mol. The second kappa shape index (κ2) is 4.98. The Morgan fingerprint density at radius 1 is 1.45 bits per heavy atom. The van der Waals surface area contributed by atoms with E-state index < -0.39 is 15.8 Å². The summed E-state index contributed by atoms with van der Waals surface area (Å²) in [7, 11) is -2.31. The maximum absolute atomic E-state index is 13.7. The van der Waals surface area contributed by atoms with E-state index in [1.54, 1.807) is 7.11 Å². The van der Waals surface area contributed by atoms with E-state index in [-0.39, 0.29) is 28.1 Å². The fourth-order valence-corrected chi connectivity index (χ4v) is 3.94. The van der Waals surface area contributed by atoms with Crippen LogP contribution in [0.2, 0.25) is 0 Å². The molecule has 2 atom stereocenters. The number of hydrogen-bond donors (Lipinski definition) is 2. The molecule has 20 heavy (non-hydrogen) atoms. The third-order valence-electron chi connectivity index (χ3n) is 4.01. The molecular formula is C13H19FN2O3S. The van der Waals surface area contributed by atoms with Crippen molar-refractivity contribution in [2.24, 2.45) is 5.41 Å². The number of nitrogens with one attached hydrogen (secondary N) is 1. The number of sulfonamides is 1. The van der Waals surface area contributed by atoms with Crippen molar-refractivity contribution in [3.63, 3.8) is 0 Å². The van der Waals surface area contributed by atoms with Gasteiger partial charge in [-0.3, -0.25) is 0 Å². The van der Waals surface area contributed by atoms with E-state index in [0.29, 0.717) is 6.42 Å². The van der Waals surface area contributed by atoms with Crippen LogP contribution in [0.1, 0.15) is 20.3 Å². The summed E-state index contributed by atoms with van der Waals surface area (Å²) in [5, 5.41) is 0. The minimum atomic E-state index is -3.91. The van der Waals surface area contributed by atoms with Crippen LogP contribution in [0, 0.1) is 11.2 Å². The van der Waals surface area contributed by atoms with E-state index in [1.807, 2.05) is 13.8 Å². The van der Waals surface area contributed by atoms with E-state index in [2.05, 4.69) is 4.72 Å². The Morgan fingerprint density at radius 3 is 2.60 bits per heavy atom. The standard InChI is InChI=1S/C13H19FN2O3S/c1-13(2)11(7-12(13)19-3)16-20(17,18)10-5-4-8(15)6-9(10)14/h4-6,11-12,16H,7,15H2,1-3H3. The van der Waals surface area contributed by atoms with Crippen LogP contribution >= 0.6 is 0 Å². The average Bonchev–Trinajstić information content (AvgIpc) is 2.33. The first-order valence-corrected chi connectivity index (χ1v) is 7.77. The van der Waals surface area contributed by atoms with Gasteiger partial charge in [0.15, 0.2) is 0 Å². The van der Waals surface area contributed by atoms with Gasteiger partial charge in [-0.2, -0.15) is 0 Å². The van der Waals surface area contributed by atoms with E-state index in [9.17, 15) is 12.8 Å². The minimum absolute atomic E-state index is 0.00790. The fourth-order valence-electron chi connectivity index (χ4n) is 2.47. The maximum Gasteiger partial charge on any atom is 0.243 e. The molecule has 3 N–H and O–H groups in total. The monoisotopic (exact) mass is 302 g/mol. The Kier molecular flexibility index (Phi) is 3.79. The smallest absolute Gasteiger partial charge is 0.243 e. The highest BCUT2D eigenvalue weighted by atomic mass is 32.2. The highest BCUT2D eigenvalue weighted by Gasteiger charge is 2.50. The quantitative estimate of drug-likeness (QED) is 0.826. The van der Waals surface area contributed by atoms with Crippen molar-refractivity contribution in [2.75, 3.05) is 12.8 Å². The Hall–Kier alpha value is -1.18. The van der Waals surface area contributed by atoms with Crippen LogP contribution in [0.15, 0.2) is 23.1 Å². The third-order valence-corrected chi connectivity index (χ3v) is 5.51. The molecule has 0 heterocycles. The lowest BCUT2D eigenvalue weighted by molar-refractivity contribution is -0.0908. The molecule has 1 saturated carbocycles. The molecule has 112 valence electrons. The Balaban J connectivity index is 2.21. The zero-order valence-electron chi connectivity index (χ0n) is 11.7. The summed E-state index contributed by atoms with van der Waals surface area (Å²) in [5.74, 6) is -0.849. The van der Waals surface area contributed by atoms with Gasteiger partial charge in [-0.05, 0) is 24.6 Å². The van der Waals surface area contributed by atoms with Gasteiger partial charge in [0.25, 0.3) is 0 Å². The van der Waals surface area contributed by atoms with Crippen molar-refractivity contribution < 1.29 is 17.5 Å². The molecule has 0 aliphatic heterocycles. The number of hydrogen-bond acceptors (Lipinski definition) is 4. The molecule has 0 saturated heterocycles. The second-order valence-electron chi connectivity index (χ2n) is 5.65. The molecule has 5 nitrogen and oxygen atoms in total. The van der Waals surface area contributed by atoms with Gasteiger partial charge < -0.3 is 10.5 Å². The van der Waals surface area contributed by atoms with Crippen LogP contribution in [-0.4, -0.2) is 27.7 Å². The summed E-state index contributed by atoms with van der Waals surface area (Å²) in [6.45, 7) is 3.83. The first-order chi connectivity index (χ1) is 9.18. The zero-order chi connectivity index (χ0) is 15.1. The van der Waals surface area contributed by atoms with Gasteiger partial charge >= 0.3 is 0 Å². The lowest BCUT2D eigenvalue weighted by Gasteiger charge is -2.50. The Bertz CT molecular complexity index is 616. The zero-order valence-corrected chi connectivity index (χ0v) is 12.5. The van der Waals surface area contributed by atoms with Crippen molar-refractivity contribution in [3.8, 4) is 0 Å². The number of rotatable bonds is 4. The fraction of sp³-hybridized carbons (Fsp3) is 0.538. The molecule has 2 unspecified atom stereocenters. The summed E-state index contributed by atoms with van der Waals surface area (Å²) in [4.78, 5) is -0.386. The van der Waals surface area contributed by atoms with Crippen LogP contribution in [-0.2, 0) is 14.8 Å². The molecule has 0 radical (unpaired) electrons. The Morgan fingerprint density at radius 2 is 2.10 bits per heavy atom. The number of ether oxygens (including phenoxy) is 1. The van der Waals surface area contributed by atoms with Crippen LogP contribution in [0.4, 0.5) is 10.1 Å². The van der Waals surface area contributed by atoms with Crippen molar-refractivity contribution in [1.29, 1.82) is 0 Å². The van der Waals surface area contributed by atoms with Crippen molar-refractivity contribution >= 4 is 15.7 Å². The number of halogens is 1. The molecule has 0 amide bonds. The van der Waals surface area contributed by atoms with Crippen LogP contribution in [0.3, 0.4) is 0 Å². The van der Waals surface area contributed by atoms with Gasteiger partial charge in [0, 0.05) is 24.3 Å². The molecule has 1 aromatic rings. The SMILES string of the molecule is COC1CC(NS(=O)(=O)c2ccc(N)cc2F)C1(C)C. The molecule has 2 rings (SSSR count). The van der Waals surface area contributed by atoms with Gasteiger partial charge in [0.2, 0.25) is 10.0 Å². The highest BCUT2D eigenvalue weighted by molar-refractivity contribution is 7.89. The van der Waals surface area contributed by atoms with Crippen LogP contribution < -0.4 is 10.5 Å². The first-order valence-electron chi connectivity index (χ1n) is 6.28. The molecule has 1 aliphatic carbocycles. The van der Waals surface area contributed by atoms with Crippen molar-refractivity contribution in [2.45, 2.75) is 37.3 Å². The molecule has 0 bridgehead atoms. The number of benzene rings is 1. The average molecular weight is 302 g/mol. The summed E-state index contributed by atoms with van der Waals surface area (Å²) in [6.07, 6.45) is 0.561. The summed E-state index contributed by atoms with van der Waals surface area (Å²) in [6, 6.07) is 3.25. The molecule has 1 aromatic carbocycles. The molecule has 1 fully saturated rings. The van der Waals surface area contributed by atoms with Gasteiger partial charge in [-0.1, -0.05) is 13.8 Å². The number of nitrogen functional groups attached to an aromatic ring is 1. The predicted molar refractivity (Wildman–Crippen MR) is 74.1 cm³/mol. The summed E-state index contributed by atoms with van der Waals surface area (Å²) >= 11 is 0. The third kappa shape index (κ3) is 2.53. The molecule has 7 heteroatoms. The van der Waals surface area contributed by atoms with Gasteiger partial charge in [0.05, 0.1) is 6.10 Å². The van der Waals surface area contributed by atoms with Crippen molar-refractivity contribution in [1.82, 2.24) is 4.72 Å². The highest BCUT2D eigenvalue weighted by Crippen LogP contribution is 2.43. The van der Waals surface area contributed by atoms with Gasteiger partial charge in [-0.25, -0.2) is 17.5 Å². The predicted octanol–water partition coefficient (Wildman–Crippen LogP) is 1.50.